The number of rotatable bonds is 4. The Morgan fingerprint density at radius 3 is 2.73 bits per heavy atom. The molecule has 2 aromatic rings. The number of nitrogens with zero attached hydrogens (tertiary/aromatic N) is 2. The number of ether oxygens (including phenoxy) is 1. The van der Waals surface area contributed by atoms with Crippen LogP contribution in [0.15, 0.2) is 15.5 Å². The lowest BCUT2D eigenvalue weighted by Crippen LogP contribution is -2.42. The van der Waals surface area contributed by atoms with Crippen molar-refractivity contribution in [3.05, 3.63) is 28.0 Å². The maximum Gasteiger partial charge on any atom is 0.343 e. The van der Waals surface area contributed by atoms with E-state index in [1.54, 1.807) is 6.92 Å². The van der Waals surface area contributed by atoms with Gasteiger partial charge in [0.2, 0.25) is 5.71 Å². The summed E-state index contributed by atoms with van der Waals surface area (Å²) < 4.78 is 11.9. The number of amides is 1. The van der Waals surface area contributed by atoms with E-state index in [0.29, 0.717) is 0 Å². The molecule has 8 heteroatoms. The van der Waals surface area contributed by atoms with E-state index in [-0.39, 0.29) is 34.4 Å². The van der Waals surface area contributed by atoms with Crippen LogP contribution in [0.3, 0.4) is 0 Å². The number of aryl methyl sites for hydroxylation is 2. The summed E-state index contributed by atoms with van der Waals surface area (Å²) in [6.07, 6.45) is 5.62. The van der Waals surface area contributed by atoms with Crippen LogP contribution in [0.1, 0.15) is 55.1 Å². The lowest BCUT2D eigenvalue weighted by Gasteiger charge is -2.24. The molecule has 0 bridgehead atoms. The van der Waals surface area contributed by atoms with Crippen LogP contribution >= 0.6 is 0 Å². The monoisotopic (exact) mass is 361 g/mol. The van der Waals surface area contributed by atoms with Gasteiger partial charge < -0.3 is 19.0 Å². The maximum absolute atomic E-state index is 12.6. The highest BCUT2D eigenvalue weighted by molar-refractivity contribution is 6.04. The molecule has 0 spiro atoms. The van der Waals surface area contributed by atoms with Crippen LogP contribution in [0.25, 0.3) is 11.1 Å². The van der Waals surface area contributed by atoms with E-state index >= 15 is 0 Å². The molecule has 8 nitrogen and oxygen atoms in total. The minimum absolute atomic E-state index is 0.0195. The molecule has 0 saturated heterocycles. The summed E-state index contributed by atoms with van der Waals surface area (Å²) in [6, 6.07) is 0.130. The highest BCUT2D eigenvalue weighted by Gasteiger charge is 2.28. The van der Waals surface area contributed by atoms with Gasteiger partial charge in [-0.15, -0.1) is 0 Å². The van der Waals surface area contributed by atoms with E-state index in [9.17, 15) is 14.4 Å². The minimum Gasteiger partial charge on any atom is -0.449 e. The summed E-state index contributed by atoms with van der Waals surface area (Å²) in [7, 11) is 1.53. The number of fused-ring (bicyclic) bond motifs is 1. The van der Waals surface area contributed by atoms with Gasteiger partial charge >= 0.3 is 5.97 Å². The number of nitrogens with one attached hydrogen (secondary N) is 1. The molecular weight excluding hydrogens is 338 g/mol. The van der Waals surface area contributed by atoms with Crippen molar-refractivity contribution in [2.24, 2.45) is 7.05 Å². The van der Waals surface area contributed by atoms with Crippen molar-refractivity contribution in [3.63, 3.8) is 0 Å². The number of aromatic nitrogens is 2. The number of hydrogen-bond acceptors (Lipinski definition) is 6. The molecule has 2 heterocycles. The smallest absolute Gasteiger partial charge is 0.343 e. The highest BCUT2D eigenvalue weighted by Crippen LogP contribution is 2.22. The first-order valence-electron chi connectivity index (χ1n) is 8.84. The summed E-state index contributed by atoms with van der Waals surface area (Å²) in [5.41, 5.74) is -0.305. The van der Waals surface area contributed by atoms with E-state index in [0.717, 1.165) is 25.7 Å². The zero-order valence-corrected chi connectivity index (χ0v) is 15.2. The molecule has 3 rings (SSSR count). The van der Waals surface area contributed by atoms with Crippen molar-refractivity contribution >= 4 is 23.0 Å². The van der Waals surface area contributed by atoms with E-state index in [2.05, 4.69) is 10.3 Å². The maximum atomic E-state index is 12.6. The summed E-state index contributed by atoms with van der Waals surface area (Å²) in [6.45, 7) is 3.08. The molecule has 26 heavy (non-hydrogen) atoms. The topological polar surface area (TPSA) is 103 Å². The minimum atomic E-state index is -0.964. The molecule has 1 saturated carbocycles. The lowest BCUT2D eigenvalue weighted by atomic mass is 9.95. The molecule has 140 valence electrons. The van der Waals surface area contributed by atoms with Gasteiger partial charge in [0.1, 0.15) is 23.0 Å². The number of carbonyl (C=O) groups is 2. The van der Waals surface area contributed by atoms with Gasteiger partial charge in [-0.05, 0) is 26.7 Å². The Labute approximate surface area is 150 Å². The van der Waals surface area contributed by atoms with E-state index < -0.39 is 17.6 Å². The van der Waals surface area contributed by atoms with Crippen LogP contribution in [-0.2, 0) is 16.6 Å². The van der Waals surface area contributed by atoms with Gasteiger partial charge in [-0.25, -0.2) is 9.78 Å². The summed E-state index contributed by atoms with van der Waals surface area (Å²) in [5.74, 6) is -0.861. The summed E-state index contributed by atoms with van der Waals surface area (Å²) in [4.78, 5) is 41.2. The van der Waals surface area contributed by atoms with Crippen LogP contribution in [0.5, 0.6) is 0 Å². The Morgan fingerprint density at radius 2 is 2.04 bits per heavy atom. The summed E-state index contributed by atoms with van der Waals surface area (Å²) >= 11 is 0. The van der Waals surface area contributed by atoms with Gasteiger partial charge in [-0.3, -0.25) is 9.59 Å². The second kappa shape index (κ2) is 7.31. The van der Waals surface area contributed by atoms with Crippen LogP contribution < -0.4 is 10.9 Å². The third-order valence-corrected chi connectivity index (χ3v) is 4.76. The van der Waals surface area contributed by atoms with Crippen LogP contribution in [-0.4, -0.2) is 33.6 Å². The molecule has 1 unspecified atom stereocenters. The van der Waals surface area contributed by atoms with Gasteiger partial charge in [0.05, 0.1) is 0 Å². The predicted molar refractivity (Wildman–Crippen MR) is 93.9 cm³/mol. The van der Waals surface area contributed by atoms with Gasteiger partial charge in [0, 0.05) is 13.1 Å². The first kappa shape index (κ1) is 18.2. The van der Waals surface area contributed by atoms with Gasteiger partial charge in [-0.1, -0.05) is 19.3 Å². The van der Waals surface area contributed by atoms with Crippen molar-refractivity contribution in [3.8, 4) is 0 Å². The Kier molecular flexibility index (Phi) is 5.11. The molecule has 1 atom stereocenters. The first-order chi connectivity index (χ1) is 12.4. The largest absolute Gasteiger partial charge is 0.449 e. The van der Waals surface area contributed by atoms with Crippen molar-refractivity contribution < 1.29 is 18.7 Å². The molecule has 0 aliphatic heterocycles. The second-order valence-corrected chi connectivity index (χ2v) is 6.77. The molecule has 0 aromatic carbocycles. The predicted octanol–water partition coefficient (Wildman–Crippen LogP) is 1.83. The molecule has 2 aromatic heterocycles. The Morgan fingerprint density at radius 1 is 1.35 bits per heavy atom. The molecule has 1 fully saturated rings. The summed E-state index contributed by atoms with van der Waals surface area (Å²) in [5, 5.41) is 2.99. The van der Waals surface area contributed by atoms with Crippen molar-refractivity contribution in [1.82, 2.24) is 14.9 Å². The quantitative estimate of drug-likeness (QED) is 0.833. The van der Waals surface area contributed by atoms with E-state index in [1.165, 1.54) is 31.3 Å². The fourth-order valence-electron chi connectivity index (χ4n) is 3.27. The zero-order valence-electron chi connectivity index (χ0n) is 15.2. The Balaban J connectivity index is 1.76. The molecule has 1 amide bonds. The van der Waals surface area contributed by atoms with Crippen LogP contribution in [0, 0.1) is 6.92 Å². The fourth-order valence-corrected chi connectivity index (χ4v) is 3.27. The van der Waals surface area contributed by atoms with Crippen molar-refractivity contribution in [2.75, 3.05) is 0 Å². The molecular formula is C18H23N3O5. The molecule has 0 radical (unpaired) electrons. The average molecular weight is 361 g/mol. The van der Waals surface area contributed by atoms with Gasteiger partial charge in [-0.2, -0.15) is 0 Å². The number of esters is 1. The van der Waals surface area contributed by atoms with Gasteiger partial charge in [0.15, 0.2) is 6.10 Å². The number of furan rings is 1. The molecule has 1 N–H and O–H groups in total. The number of carbonyl (C=O) groups excluding carboxylic acids is 2. The zero-order chi connectivity index (χ0) is 18.8. The fraction of sp³-hybridized carbons (Fsp3) is 0.556. The normalized spacial score (nSPS) is 16.4. The molecule has 1 aliphatic carbocycles. The molecule has 1 aliphatic rings. The Bertz CT molecular complexity index is 892. The van der Waals surface area contributed by atoms with Crippen LogP contribution in [0.2, 0.25) is 0 Å². The van der Waals surface area contributed by atoms with Crippen molar-refractivity contribution in [2.45, 2.75) is 58.1 Å². The Hall–Kier alpha value is -2.64. The highest BCUT2D eigenvalue weighted by atomic mass is 16.5. The van der Waals surface area contributed by atoms with E-state index in [4.69, 9.17) is 9.15 Å². The number of hydrogen-bond donors (Lipinski definition) is 1. The standard InChI is InChI=1S/C18H23N3O5/c1-10-13(14-16(25-10)19-9-21(3)17(14)23)18(24)26-11(2)15(22)20-12-7-5-4-6-8-12/h9,11-12H,4-8H2,1-3H3,(H,20,22). The van der Waals surface area contributed by atoms with Gasteiger partial charge in [0.25, 0.3) is 11.5 Å². The first-order valence-corrected chi connectivity index (χ1v) is 8.84. The van der Waals surface area contributed by atoms with Crippen LogP contribution in [0.4, 0.5) is 0 Å². The van der Waals surface area contributed by atoms with Crippen molar-refractivity contribution in [1.29, 1.82) is 0 Å². The second-order valence-electron chi connectivity index (χ2n) is 6.77. The SMILES string of the molecule is Cc1oc2ncn(C)c(=O)c2c1C(=O)OC(C)C(=O)NC1CCCCC1. The van der Waals surface area contributed by atoms with E-state index in [1.807, 2.05) is 0 Å². The lowest BCUT2D eigenvalue weighted by molar-refractivity contribution is -0.130. The third kappa shape index (κ3) is 3.49. The third-order valence-electron chi connectivity index (χ3n) is 4.76. The average Bonchev–Trinajstić information content (AvgIpc) is 2.96.